The van der Waals surface area contributed by atoms with E-state index in [1.165, 1.54) is 0 Å². The minimum absolute atomic E-state index is 0.0129. The van der Waals surface area contributed by atoms with Crippen LogP contribution in [-0.4, -0.2) is 19.7 Å². The van der Waals surface area contributed by atoms with Crippen LogP contribution < -0.4 is 24.7 Å². The summed E-state index contributed by atoms with van der Waals surface area (Å²) >= 11 is 0. The van der Waals surface area contributed by atoms with Crippen LogP contribution in [-0.2, 0) is 0 Å². The molecule has 0 radical (unpaired) electrons. The van der Waals surface area contributed by atoms with Crippen LogP contribution in [0.3, 0.4) is 0 Å². The average molecular weight is 471 g/mol. The molecule has 7 nitrogen and oxygen atoms in total. The molecule has 1 unspecified atom stereocenters. The highest BCUT2D eigenvalue weighted by Crippen LogP contribution is 2.43. The molecule has 4 rings (SSSR count). The first kappa shape index (κ1) is 23.7. The van der Waals surface area contributed by atoms with Gasteiger partial charge in [-0.05, 0) is 42.3 Å². The van der Waals surface area contributed by atoms with Crippen molar-refractivity contribution in [2.45, 2.75) is 25.7 Å². The number of fused-ring (bicyclic) bond motifs is 1. The summed E-state index contributed by atoms with van der Waals surface area (Å²) in [5.74, 6) is 0.939. The zero-order chi connectivity index (χ0) is 24.8. The Morgan fingerprint density at radius 2 is 1.83 bits per heavy atom. The number of unbranched alkanes of at least 4 members (excludes halogenated alkanes) is 1. The molecule has 35 heavy (non-hydrogen) atoms. The topological polar surface area (TPSA) is 104 Å². The smallest absolute Gasteiger partial charge is 0.347 e. The Bertz CT molecular complexity index is 1290. The van der Waals surface area contributed by atoms with E-state index in [0.29, 0.717) is 40.7 Å². The van der Waals surface area contributed by atoms with Crippen molar-refractivity contribution in [2.75, 3.05) is 13.7 Å². The maximum absolute atomic E-state index is 12.9. The van der Waals surface area contributed by atoms with Crippen LogP contribution in [0.4, 0.5) is 0 Å². The van der Waals surface area contributed by atoms with Gasteiger partial charge >= 0.3 is 5.97 Å². The van der Waals surface area contributed by atoms with Crippen molar-refractivity contribution in [3.8, 4) is 29.1 Å². The Kier molecular flexibility index (Phi) is 7.22. The van der Waals surface area contributed by atoms with Gasteiger partial charge in [0.2, 0.25) is 5.88 Å². The summed E-state index contributed by atoms with van der Waals surface area (Å²) in [6, 6.07) is 21.6. The second kappa shape index (κ2) is 10.7. The van der Waals surface area contributed by atoms with E-state index in [1.54, 1.807) is 43.5 Å². The van der Waals surface area contributed by atoms with Gasteiger partial charge in [0, 0.05) is 11.6 Å². The lowest BCUT2D eigenvalue weighted by Crippen LogP contribution is -2.21. The molecule has 2 N–H and O–H groups in total. The first-order chi connectivity index (χ1) is 17.0. The van der Waals surface area contributed by atoms with E-state index >= 15 is 0 Å². The quantitative estimate of drug-likeness (QED) is 0.270. The predicted molar refractivity (Wildman–Crippen MR) is 131 cm³/mol. The normalized spacial score (nSPS) is 14.4. The van der Waals surface area contributed by atoms with E-state index in [9.17, 15) is 10.1 Å². The number of nitriles is 1. The number of carbonyl (C=O) groups is 1. The summed E-state index contributed by atoms with van der Waals surface area (Å²) in [4.78, 5) is 12.9. The van der Waals surface area contributed by atoms with E-state index in [4.69, 9.17) is 24.7 Å². The average Bonchev–Trinajstić information content (AvgIpc) is 2.88. The third kappa shape index (κ3) is 5.07. The molecule has 0 aromatic heterocycles. The van der Waals surface area contributed by atoms with Crippen molar-refractivity contribution >= 4 is 5.97 Å². The fourth-order valence-corrected chi connectivity index (χ4v) is 3.89. The Hall–Kier alpha value is -4.44. The highest BCUT2D eigenvalue weighted by molar-refractivity contribution is 5.94. The minimum Gasteiger partial charge on any atom is -0.497 e. The molecule has 0 amide bonds. The lowest BCUT2D eigenvalue weighted by atomic mass is 9.83. The maximum atomic E-state index is 12.9. The fourth-order valence-electron chi connectivity index (χ4n) is 3.89. The van der Waals surface area contributed by atoms with Gasteiger partial charge in [-0.25, -0.2) is 4.79 Å². The summed E-state index contributed by atoms with van der Waals surface area (Å²) < 4.78 is 22.4. The Labute approximate surface area is 204 Å². The van der Waals surface area contributed by atoms with Crippen molar-refractivity contribution < 1.29 is 23.7 Å². The number of para-hydroxylation sites is 1. The molecule has 1 atom stereocenters. The highest BCUT2D eigenvalue weighted by Gasteiger charge is 2.31. The van der Waals surface area contributed by atoms with Gasteiger partial charge in [-0.15, -0.1) is 0 Å². The van der Waals surface area contributed by atoms with Crippen LogP contribution in [0.2, 0.25) is 0 Å². The van der Waals surface area contributed by atoms with E-state index in [-0.39, 0.29) is 5.88 Å². The van der Waals surface area contributed by atoms with Gasteiger partial charge in [0.05, 0.1) is 19.6 Å². The Morgan fingerprint density at radius 1 is 1.09 bits per heavy atom. The summed E-state index contributed by atoms with van der Waals surface area (Å²) in [5.41, 5.74) is 8.34. The second-order valence-electron chi connectivity index (χ2n) is 7.99. The number of rotatable bonds is 8. The van der Waals surface area contributed by atoms with Crippen molar-refractivity contribution in [1.29, 1.82) is 5.26 Å². The molecule has 1 aliphatic heterocycles. The number of nitrogens with two attached hydrogens (primary N) is 1. The molecule has 7 heteroatoms. The molecule has 1 aliphatic rings. The van der Waals surface area contributed by atoms with Gasteiger partial charge in [-0.1, -0.05) is 43.7 Å². The van der Waals surface area contributed by atoms with E-state index in [2.05, 4.69) is 13.0 Å². The van der Waals surface area contributed by atoms with Crippen LogP contribution in [0, 0.1) is 11.3 Å². The number of ether oxygens (including phenoxy) is 4. The number of hydrogen-bond donors (Lipinski definition) is 1. The van der Waals surface area contributed by atoms with Gasteiger partial charge in [0.15, 0.2) is 0 Å². The predicted octanol–water partition coefficient (Wildman–Crippen LogP) is 5.31. The number of carbonyl (C=O) groups excluding carboxylic acids is 1. The third-order valence-corrected chi connectivity index (χ3v) is 5.71. The number of esters is 1. The number of benzene rings is 3. The molecule has 0 aliphatic carbocycles. The summed E-state index contributed by atoms with van der Waals surface area (Å²) in [6.45, 7) is 2.59. The monoisotopic (exact) mass is 470 g/mol. The standard InChI is InChI=1S/C28H26N2O5/c1-3-4-15-33-24-8-6-5-7-22(24)28(31)34-20-13-14-21-25(16-20)35-27(30)23(17-29)26(21)18-9-11-19(32-2)12-10-18/h5-14,16,26H,3-4,15,30H2,1-2H3. The van der Waals surface area contributed by atoms with Gasteiger partial charge in [0.25, 0.3) is 0 Å². The third-order valence-electron chi connectivity index (χ3n) is 5.71. The Balaban J connectivity index is 1.62. The molecule has 0 saturated carbocycles. The molecule has 0 bridgehead atoms. The second-order valence-corrected chi connectivity index (χ2v) is 7.99. The van der Waals surface area contributed by atoms with Gasteiger partial charge in [0.1, 0.15) is 40.2 Å². The first-order valence-electron chi connectivity index (χ1n) is 11.3. The SMILES string of the molecule is CCCCOc1ccccc1C(=O)Oc1ccc2c(c1)OC(N)=C(C#N)C2c1ccc(OC)cc1. The van der Waals surface area contributed by atoms with Crippen molar-refractivity contribution in [2.24, 2.45) is 5.73 Å². The molecular formula is C28H26N2O5. The van der Waals surface area contributed by atoms with Crippen molar-refractivity contribution in [3.05, 3.63) is 94.9 Å². The van der Waals surface area contributed by atoms with Gasteiger partial charge in [-0.2, -0.15) is 5.26 Å². The molecule has 178 valence electrons. The van der Waals surface area contributed by atoms with Crippen LogP contribution in [0.15, 0.2) is 78.2 Å². The van der Waals surface area contributed by atoms with Gasteiger partial charge < -0.3 is 24.7 Å². The van der Waals surface area contributed by atoms with Crippen LogP contribution in [0.5, 0.6) is 23.0 Å². The number of methoxy groups -OCH3 is 1. The number of allylic oxidation sites excluding steroid dienone is 1. The molecule has 3 aromatic carbocycles. The maximum Gasteiger partial charge on any atom is 0.347 e. The largest absolute Gasteiger partial charge is 0.497 e. The summed E-state index contributed by atoms with van der Waals surface area (Å²) in [7, 11) is 1.59. The van der Waals surface area contributed by atoms with Gasteiger partial charge in [-0.3, -0.25) is 0 Å². The van der Waals surface area contributed by atoms with E-state index in [1.807, 2.05) is 30.3 Å². The molecule has 0 saturated heterocycles. The zero-order valence-electron chi connectivity index (χ0n) is 19.6. The lowest BCUT2D eigenvalue weighted by molar-refractivity contribution is 0.0730. The molecular weight excluding hydrogens is 444 g/mol. The highest BCUT2D eigenvalue weighted by atomic mass is 16.5. The van der Waals surface area contributed by atoms with E-state index < -0.39 is 11.9 Å². The number of hydrogen-bond acceptors (Lipinski definition) is 7. The molecule has 0 spiro atoms. The zero-order valence-corrected chi connectivity index (χ0v) is 19.6. The minimum atomic E-state index is -0.541. The molecule has 3 aromatic rings. The molecule has 1 heterocycles. The lowest BCUT2D eigenvalue weighted by Gasteiger charge is -2.26. The van der Waals surface area contributed by atoms with Crippen LogP contribution in [0.1, 0.15) is 47.2 Å². The summed E-state index contributed by atoms with van der Waals surface area (Å²) in [6.07, 6.45) is 1.88. The Morgan fingerprint density at radius 3 is 2.54 bits per heavy atom. The molecule has 0 fully saturated rings. The van der Waals surface area contributed by atoms with Crippen molar-refractivity contribution in [3.63, 3.8) is 0 Å². The van der Waals surface area contributed by atoms with Crippen LogP contribution >= 0.6 is 0 Å². The van der Waals surface area contributed by atoms with Crippen molar-refractivity contribution in [1.82, 2.24) is 0 Å². The van der Waals surface area contributed by atoms with Crippen LogP contribution in [0.25, 0.3) is 0 Å². The van der Waals surface area contributed by atoms with E-state index in [0.717, 1.165) is 24.0 Å². The first-order valence-corrected chi connectivity index (χ1v) is 11.3. The fraction of sp³-hybridized carbons (Fsp3) is 0.214. The summed E-state index contributed by atoms with van der Waals surface area (Å²) in [5, 5.41) is 9.75. The number of nitrogens with zero attached hydrogens (tertiary/aromatic N) is 1.